The summed E-state index contributed by atoms with van der Waals surface area (Å²) < 4.78 is 31.7. The number of amidine groups is 1. The molecule has 1 aliphatic heterocycles. The van der Waals surface area contributed by atoms with Gasteiger partial charge in [0.2, 0.25) is 10.0 Å². The molecule has 0 radical (unpaired) electrons. The second-order valence-electron chi connectivity index (χ2n) is 4.44. The minimum absolute atomic E-state index is 0.0573. The van der Waals surface area contributed by atoms with Gasteiger partial charge in [0.05, 0.1) is 18.0 Å². The first-order valence-corrected chi connectivity index (χ1v) is 7.25. The van der Waals surface area contributed by atoms with Gasteiger partial charge >= 0.3 is 0 Å². The third-order valence-corrected chi connectivity index (χ3v) is 5.16. The Morgan fingerprint density at radius 2 is 2.26 bits per heavy atom. The Hall–Kier alpha value is -1.45. The highest BCUT2D eigenvalue weighted by atomic mass is 32.2. The average molecular weight is 287 g/mol. The zero-order valence-electron chi connectivity index (χ0n) is 10.8. The summed E-state index contributed by atoms with van der Waals surface area (Å²) in [6.45, 7) is 3.83. The van der Waals surface area contributed by atoms with Crippen molar-refractivity contribution in [1.82, 2.24) is 14.5 Å². The Balaban J connectivity index is 2.32. The van der Waals surface area contributed by atoms with Crippen LogP contribution in [0.3, 0.4) is 0 Å². The van der Waals surface area contributed by atoms with Crippen LogP contribution in [0.15, 0.2) is 4.90 Å². The number of nitrogens with two attached hydrogens (primary N) is 1. The first-order valence-electron chi connectivity index (χ1n) is 5.81. The molecule has 0 spiro atoms. The van der Waals surface area contributed by atoms with Crippen LogP contribution in [0, 0.1) is 19.3 Å². The van der Waals surface area contributed by atoms with Crippen molar-refractivity contribution in [1.29, 1.82) is 5.41 Å². The lowest BCUT2D eigenvalue weighted by molar-refractivity contribution is 0.0368. The molecule has 1 aromatic rings. The van der Waals surface area contributed by atoms with E-state index in [1.165, 1.54) is 4.31 Å². The number of rotatable bonds is 3. The molecular weight excluding hydrogens is 270 g/mol. The van der Waals surface area contributed by atoms with E-state index in [0.717, 1.165) is 0 Å². The van der Waals surface area contributed by atoms with Gasteiger partial charge in [-0.15, -0.1) is 0 Å². The molecule has 2 rings (SSSR count). The number of aromatic nitrogens is 2. The first-order chi connectivity index (χ1) is 8.84. The number of aromatic amines is 1. The summed E-state index contributed by atoms with van der Waals surface area (Å²) in [4.78, 5) is 0.191. The molecule has 0 aromatic carbocycles. The van der Waals surface area contributed by atoms with E-state index in [9.17, 15) is 8.42 Å². The molecule has 0 aliphatic carbocycles. The molecule has 1 aliphatic rings. The molecule has 19 heavy (non-hydrogen) atoms. The molecule has 1 saturated heterocycles. The lowest BCUT2D eigenvalue weighted by Gasteiger charge is -2.31. The van der Waals surface area contributed by atoms with Gasteiger partial charge in [0.1, 0.15) is 16.8 Å². The monoisotopic (exact) mass is 287 g/mol. The van der Waals surface area contributed by atoms with Gasteiger partial charge in [-0.25, -0.2) is 8.42 Å². The Labute approximate surface area is 111 Å². The van der Waals surface area contributed by atoms with Crippen LogP contribution < -0.4 is 5.73 Å². The second-order valence-corrected chi connectivity index (χ2v) is 6.32. The number of hydrogen-bond acceptors (Lipinski definition) is 5. The van der Waals surface area contributed by atoms with Crippen molar-refractivity contribution in [3.8, 4) is 0 Å². The highest BCUT2D eigenvalue weighted by Crippen LogP contribution is 2.23. The van der Waals surface area contributed by atoms with Gasteiger partial charge in [0, 0.05) is 13.1 Å². The maximum absolute atomic E-state index is 12.6. The highest BCUT2D eigenvalue weighted by molar-refractivity contribution is 7.89. The largest absolute Gasteiger partial charge is 0.385 e. The Kier molecular flexibility index (Phi) is 3.61. The van der Waals surface area contributed by atoms with Gasteiger partial charge in [-0.2, -0.15) is 9.40 Å². The lowest BCUT2D eigenvalue weighted by Crippen LogP contribution is -2.50. The number of sulfonamides is 1. The van der Waals surface area contributed by atoms with E-state index in [1.807, 2.05) is 0 Å². The molecule has 0 bridgehead atoms. The molecule has 8 nitrogen and oxygen atoms in total. The van der Waals surface area contributed by atoms with E-state index in [-0.39, 0.29) is 30.4 Å². The Morgan fingerprint density at radius 1 is 1.58 bits per heavy atom. The van der Waals surface area contributed by atoms with Gasteiger partial charge in [0.25, 0.3) is 0 Å². The van der Waals surface area contributed by atoms with Crippen molar-refractivity contribution in [3.05, 3.63) is 11.4 Å². The maximum atomic E-state index is 12.6. The minimum atomic E-state index is -3.64. The fourth-order valence-corrected chi connectivity index (χ4v) is 3.84. The normalized spacial score (nSPS) is 21.5. The maximum Gasteiger partial charge on any atom is 0.246 e. The van der Waals surface area contributed by atoms with E-state index >= 15 is 0 Å². The zero-order chi connectivity index (χ0) is 14.2. The van der Waals surface area contributed by atoms with Crippen LogP contribution in [-0.2, 0) is 14.8 Å². The molecule has 1 fully saturated rings. The quantitative estimate of drug-likeness (QED) is 0.503. The second kappa shape index (κ2) is 4.91. The van der Waals surface area contributed by atoms with Crippen LogP contribution in [0.2, 0.25) is 0 Å². The zero-order valence-corrected chi connectivity index (χ0v) is 11.6. The molecule has 2 heterocycles. The lowest BCUT2D eigenvalue weighted by atomic mass is 10.3. The number of H-pyrrole nitrogens is 1. The summed E-state index contributed by atoms with van der Waals surface area (Å²) in [7, 11) is -3.64. The van der Waals surface area contributed by atoms with E-state index in [4.69, 9.17) is 15.9 Å². The van der Waals surface area contributed by atoms with Crippen molar-refractivity contribution in [2.75, 3.05) is 19.7 Å². The standard InChI is InChI=1S/C10H17N5O3S/c1-6-9(7(2)14-13-6)19(16,17)15-3-4-18-8(5-15)10(11)12/h8H,3-5H2,1-2H3,(H3,11,12)(H,13,14). The van der Waals surface area contributed by atoms with Crippen LogP contribution in [0.4, 0.5) is 0 Å². The Bertz CT molecular complexity index is 575. The number of hydrogen-bond donors (Lipinski definition) is 3. The summed E-state index contributed by atoms with van der Waals surface area (Å²) in [5.74, 6) is -0.166. The van der Waals surface area contributed by atoms with Crippen LogP contribution >= 0.6 is 0 Å². The topological polar surface area (TPSA) is 125 Å². The number of aryl methyl sites for hydroxylation is 2. The van der Waals surface area contributed by atoms with Gasteiger partial charge in [0.15, 0.2) is 0 Å². The molecule has 1 atom stereocenters. The SMILES string of the molecule is Cc1n[nH]c(C)c1S(=O)(=O)N1CCOC(C(=N)N)C1. The first kappa shape index (κ1) is 14.0. The van der Waals surface area contributed by atoms with E-state index < -0.39 is 16.1 Å². The molecule has 1 aromatic heterocycles. The van der Waals surface area contributed by atoms with Gasteiger partial charge < -0.3 is 10.5 Å². The van der Waals surface area contributed by atoms with Crippen molar-refractivity contribution in [3.63, 3.8) is 0 Å². The summed E-state index contributed by atoms with van der Waals surface area (Å²) in [5.41, 5.74) is 6.31. The summed E-state index contributed by atoms with van der Waals surface area (Å²) in [6.07, 6.45) is -0.684. The number of ether oxygens (including phenoxy) is 1. The summed E-state index contributed by atoms with van der Waals surface area (Å²) in [5, 5.41) is 13.9. The molecule has 9 heteroatoms. The van der Waals surface area contributed by atoms with E-state index in [0.29, 0.717) is 11.4 Å². The van der Waals surface area contributed by atoms with Crippen molar-refractivity contribution < 1.29 is 13.2 Å². The summed E-state index contributed by atoms with van der Waals surface area (Å²) in [6, 6.07) is 0. The van der Waals surface area contributed by atoms with Crippen molar-refractivity contribution >= 4 is 15.9 Å². The number of morpholine rings is 1. The predicted molar refractivity (Wildman–Crippen MR) is 68.5 cm³/mol. The van der Waals surface area contributed by atoms with Crippen molar-refractivity contribution in [2.45, 2.75) is 24.8 Å². The Morgan fingerprint density at radius 3 is 2.79 bits per heavy atom. The molecule has 0 amide bonds. The van der Waals surface area contributed by atoms with Crippen molar-refractivity contribution in [2.24, 2.45) is 5.73 Å². The van der Waals surface area contributed by atoms with Gasteiger partial charge in [-0.05, 0) is 13.8 Å². The third kappa shape index (κ3) is 2.48. The van der Waals surface area contributed by atoms with E-state index in [1.54, 1.807) is 13.8 Å². The van der Waals surface area contributed by atoms with Crippen LogP contribution in [0.5, 0.6) is 0 Å². The molecular formula is C10H17N5O3S. The van der Waals surface area contributed by atoms with Gasteiger partial charge in [-0.3, -0.25) is 10.5 Å². The van der Waals surface area contributed by atoms with Crippen LogP contribution in [0.25, 0.3) is 0 Å². The van der Waals surface area contributed by atoms with Gasteiger partial charge in [-0.1, -0.05) is 0 Å². The predicted octanol–water partition coefficient (Wildman–Crippen LogP) is -0.648. The van der Waals surface area contributed by atoms with Crippen LogP contribution in [-0.4, -0.2) is 54.6 Å². The highest BCUT2D eigenvalue weighted by Gasteiger charge is 2.34. The minimum Gasteiger partial charge on any atom is -0.385 e. The average Bonchev–Trinajstić information content (AvgIpc) is 2.69. The molecule has 106 valence electrons. The summed E-state index contributed by atoms with van der Waals surface area (Å²) >= 11 is 0. The molecule has 4 N–H and O–H groups in total. The fourth-order valence-electron chi connectivity index (χ4n) is 2.08. The smallest absolute Gasteiger partial charge is 0.246 e. The fraction of sp³-hybridized carbons (Fsp3) is 0.600. The van der Waals surface area contributed by atoms with Crippen LogP contribution in [0.1, 0.15) is 11.4 Å². The third-order valence-electron chi connectivity index (χ3n) is 3.03. The van der Waals surface area contributed by atoms with E-state index in [2.05, 4.69) is 10.2 Å². The number of nitrogens with one attached hydrogen (secondary N) is 2. The number of nitrogens with zero attached hydrogens (tertiary/aromatic N) is 2. The molecule has 1 unspecified atom stereocenters. The molecule has 0 saturated carbocycles.